The van der Waals surface area contributed by atoms with Crippen molar-refractivity contribution in [3.63, 3.8) is 0 Å². The van der Waals surface area contributed by atoms with Gasteiger partial charge in [0.2, 0.25) is 10.0 Å². The average molecular weight is 401 g/mol. The minimum atomic E-state index is -3.50. The summed E-state index contributed by atoms with van der Waals surface area (Å²) in [5.41, 5.74) is 2.90. The highest BCUT2D eigenvalue weighted by atomic mass is 32.2. The van der Waals surface area contributed by atoms with Gasteiger partial charge in [0.1, 0.15) is 0 Å². The molecule has 2 fully saturated rings. The van der Waals surface area contributed by atoms with Crippen molar-refractivity contribution < 1.29 is 13.5 Å². The molecule has 0 spiro atoms. The monoisotopic (exact) mass is 400 g/mol. The van der Waals surface area contributed by atoms with Gasteiger partial charge in [-0.15, -0.1) is 0 Å². The van der Waals surface area contributed by atoms with E-state index in [1.807, 2.05) is 48.5 Å². The number of aliphatic hydroxyl groups is 1. The summed E-state index contributed by atoms with van der Waals surface area (Å²) in [6, 6.07) is 17.5. The first-order chi connectivity index (χ1) is 13.4. The lowest BCUT2D eigenvalue weighted by Crippen LogP contribution is -2.41. The van der Waals surface area contributed by atoms with Gasteiger partial charge in [0.25, 0.3) is 0 Å². The van der Waals surface area contributed by atoms with E-state index in [1.165, 1.54) is 24.7 Å². The largest absolute Gasteiger partial charge is 0.392 e. The second-order valence-corrected chi connectivity index (χ2v) is 9.92. The lowest BCUT2D eigenvalue weighted by Gasteiger charge is -2.35. The molecule has 2 atom stereocenters. The Hall–Kier alpha value is -1.89. The third kappa shape index (κ3) is 4.40. The predicted molar refractivity (Wildman–Crippen MR) is 112 cm³/mol. The molecule has 2 aromatic carbocycles. The first-order valence-electron chi connectivity index (χ1n) is 9.96. The maximum Gasteiger partial charge on any atom is 0.232 e. The Bertz CT molecular complexity index is 912. The van der Waals surface area contributed by atoms with Gasteiger partial charge < -0.3 is 5.11 Å². The maximum atomic E-state index is 12.9. The van der Waals surface area contributed by atoms with Crippen LogP contribution in [0.2, 0.25) is 0 Å². The lowest BCUT2D eigenvalue weighted by atomic mass is 10.0. The van der Waals surface area contributed by atoms with Gasteiger partial charge in [0.05, 0.1) is 24.1 Å². The van der Waals surface area contributed by atoms with E-state index >= 15 is 0 Å². The van der Waals surface area contributed by atoms with Gasteiger partial charge in [-0.25, -0.2) is 8.42 Å². The van der Waals surface area contributed by atoms with Gasteiger partial charge in [-0.2, -0.15) is 0 Å². The minimum absolute atomic E-state index is 0.332. The summed E-state index contributed by atoms with van der Waals surface area (Å²) in [6.45, 7) is 1.93. The van der Waals surface area contributed by atoms with Crippen molar-refractivity contribution >= 4 is 15.7 Å². The van der Waals surface area contributed by atoms with E-state index in [0.29, 0.717) is 19.0 Å². The summed E-state index contributed by atoms with van der Waals surface area (Å²) >= 11 is 0. The second kappa shape index (κ2) is 7.85. The molecule has 0 unspecified atom stereocenters. The van der Waals surface area contributed by atoms with E-state index in [0.717, 1.165) is 24.2 Å². The first kappa shape index (κ1) is 19.4. The fourth-order valence-electron chi connectivity index (χ4n) is 4.15. The predicted octanol–water partition coefficient (Wildman–Crippen LogP) is 3.14. The highest BCUT2D eigenvalue weighted by Crippen LogP contribution is 2.42. The molecule has 1 aliphatic heterocycles. The smallest absolute Gasteiger partial charge is 0.232 e. The van der Waals surface area contributed by atoms with Crippen LogP contribution in [0, 0.1) is 0 Å². The first-order valence-corrected chi connectivity index (χ1v) is 11.8. The van der Waals surface area contributed by atoms with Gasteiger partial charge in [-0.05, 0) is 48.4 Å². The summed E-state index contributed by atoms with van der Waals surface area (Å²) in [7, 11) is -3.50. The number of hydrogen-bond donors (Lipinski definition) is 1. The third-order valence-corrected chi connectivity index (χ3v) is 6.86. The molecule has 28 heavy (non-hydrogen) atoms. The molecule has 2 aromatic rings. The molecule has 4 rings (SSSR count). The van der Waals surface area contributed by atoms with Crippen LogP contribution in [0.3, 0.4) is 0 Å². The Kier molecular flexibility index (Phi) is 5.45. The molecule has 5 nitrogen and oxygen atoms in total. The van der Waals surface area contributed by atoms with Crippen molar-refractivity contribution in [1.82, 2.24) is 4.90 Å². The minimum Gasteiger partial charge on any atom is -0.392 e. The zero-order valence-electron chi connectivity index (χ0n) is 16.2. The van der Waals surface area contributed by atoms with Crippen LogP contribution < -0.4 is 4.31 Å². The van der Waals surface area contributed by atoms with E-state index in [1.54, 1.807) is 4.31 Å². The van der Waals surface area contributed by atoms with E-state index in [9.17, 15) is 13.5 Å². The molecule has 6 heteroatoms. The van der Waals surface area contributed by atoms with Crippen molar-refractivity contribution in [2.75, 3.05) is 30.2 Å². The molecular weight excluding hydrogens is 372 g/mol. The molecule has 0 amide bonds. The van der Waals surface area contributed by atoms with Crippen LogP contribution in [0.15, 0.2) is 54.6 Å². The fraction of sp³-hybridized carbons (Fsp3) is 0.455. The number of β-amino-alcohol motifs (C(OH)–C–C–N with tert-alkyl or cyclic N) is 1. The molecule has 1 heterocycles. The number of rotatable bonds is 7. The lowest BCUT2D eigenvalue weighted by molar-refractivity contribution is 0.174. The molecule has 1 aliphatic carbocycles. The van der Waals surface area contributed by atoms with Gasteiger partial charge in [0.15, 0.2) is 0 Å². The number of nitrogens with zero attached hydrogens (tertiary/aromatic N) is 2. The topological polar surface area (TPSA) is 60.9 Å². The van der Waals surface area contributed by atoms with Crippen LogP contribution in [-0.2, 0) is 10.0 Å². The fourth-order valence-corrected chi connectivity index (χ4v) is 5.29. The number of sulfonamides is 1. The second-order valence-electron chi connectivity index (χ2n) is 8.06. The zero-order valence-corrected chi connectivity index (χ0v) is 17.1. The molecule has 1 saturated heterocycles. The summed E-state index contributed by atoms with van der Waals surface area (Å²) in [5.74, 6) is 0.560. The molecule has 1 N–H and O–H groups in total. The number of aliphatic hydroxyl groups excluding tert-OH is 1. The Morgan fingerprint density at radius 3 is 2.46 bits per heavy atom. The SMILES string of the molecule is CS(=O)(=O)N(c1cccc(C2CC2)c1)[C@H](CN1CC[C@H](O)C1)c1ccccc1. The van der Waals surface area contributed by atoms with Crippen LogP contribution in [0.1, 0.15) is 42.3 Å². The van der Waals surface area contributed by atoms with Crippen molar-refractivity contribution in [2.45, 2.75) is 37.3 Å². The van der Waals surface area contributed by atoms with E-state index in [-0.39, 0.29) is 12.1 Å². The van der Waals surface area contributed by atoms with Gasteiger partial charge in [0, 0.05) is 19.6 Å². The van der Waals surface area contributed by atoms with E-state index < -0.39 is 10.0 Å². The molecule has 2 aliphatic rings. The summed E-state index contributed by atoms with van der Waals surface area (Å²) in [4.78, 5) is 2.16. The molecular formula is C22H28N2O3S. The number of hydrogen-bond acceptors (Lipinski definition) is 4. The van der Waals surface area contributed by atoms with Crippen molar-refractivity contribution in [2.24, 2.45) is 0 Å². The summed E-state index contributed by atoms with van der Waals surface area (Å²) in [6.07, 6.45) is 4.04. The number of benzene rings is 2. The van der Waals surface area contributed by atoms with Gasteiger partial charge >= 0.3 is 0 Å². The van der Waals surface area contributed by atoms with Crippen LogP contribution in [0.5, 0.6) is 0 Å². The Balaban J connectivity index is 1.74. The third-order valence-electron chi connectivity index (χ3n) is 5.68. The normalized spacial score (nSPS) is 21.6. The van der Waals surface area contributed by atoms with Crippen molar-refractivity contribution in [3.8, 4) is 0 Å². The van der Waals surface area contributed by atoms with Crippen molar-refractivity contribution in [1.29, 1.82) is 0 Å². The summed E-state index contributed by atoms with van der Waals surface area (Å²) in [5, 5.41) is 9.93. The van der Waals surface area contributed by atoms with E-state index in [4.69, 9.17) is 0 Å². The molecule has 0 aromatic heterocycles. The van der Waals surface area contributed by atoms with Crippen LogP contribution >= 0.6 is 0 Å². The van der Waals surface area contributed by atoms with Crippen molar-refractivity contribution in [3.05, 3.63) is 65.7 Å². The number of likely N-dealkylation sites (tertiary alicyclic amines) is 1. The molecule has 0 radical (unpaired) electrons. The highest BCUT2D eigenvalue weighted by Gasteiger charge is 2.33. The highest BCUT2D eigenvalue weighted by molar-refractivity contribution is 7.92. The average Bonchev–Trinajstić information content (AvgIpc) is 3.44. The zero-order chi connectivity index (χ0) is 19.7. The summed E-state index contributed by atoms with van der Waals surface area (Å²) < 4.78 is 27.4. The molecule has 1 saturated carbocycles. The van der Waals surface area contributed by atoms with Crippen LogP contribution in [-0.4, -0.2) is 50.4 Å². The quantitative estimate of drug-likeness (QED) is 0.776. The maximum absolute atomic E-state index is 12.9. The Morgan fingerprint density at radius 2 is 1.86 bits per heavy atom. The van der Waals surface area contributed by atoms with Gasteiger partial charge in [-0.1, -0.05) is 42.5 Å². The van der Waals surface area contributed by atoms with Gasteiger partial charge in [-0.3, -0.25) is 9.21 Å². The van der Waals surface area contributed by atoms with Crippen LogP contribution in [0.4, 0.5) is 5.69 Å². The van der Waals surface area contributed by atoms with E-state index in [2.05, 4.69) is 11.0 Å². The standard InChI is InChI=1S/C22H28N2O3S/c1-28(26,27)24(20-9-5-8-19(14-20)17-10-11-17)22(18-6-3-2-4-7-18)16-23-13-12-21(25)15-23/h2-9,14,17,21-22,25H,10-13,15-16H2,1H3/t21-,22+/m0/s1. The Labute approximate surface area is 167 Å². The number of anilines is 1. The molecule has 0 bridgehead atoms. The molecule has 150 valence electrons. The Morgan fingerprint density at radius 1 is 1.11 bits per heavy atom. The van der Waals surface area contributed by atoms with Crippen LogP contribution in [0.25, 0.3) is 0 Å².